The van der Waals surface area contributed by atoms with E-state index in [4.69, 9.17) is 4.74 Å². The largest absolute Gasteiger partial charge is 0.378 e. The zero-order valence-electron chi connectivity index (χ0n) is 11.8. The monoisotopic (exact) mass is 240 g/mol. The van der Waals surface area contributed by atoms with Crippen LogP contribution in [0.4, 0.5) is 0 Å². The second-order valence-electron chi connectivity index (χ2n) is 6.32. The SMILES string of the molecule is CCOC1CC(NC2CCCN(C)C2)C1(C)C. The lowest BCUT2D eigenvalue weighted by molar-refractivity contribution is -0.117. The van der Waals surface area contributed by atoms with Crippen molar-refractivity contribution in [1.82, 2.24) is 10.2 Å². The molecule has 0 bridgehead atoms. The number of nitrogens with zero attached hydrogens (tertiary/aromatic N) is 1. The van der Waals surface area contributed by atoms with Gasteiger partial charge in [0.2, 0.25) is 0 Å². The minimum Gasteiger partial charge on any atom is -0.378 e. The number of ether oxygens (including phenoxy) is 1. The molecular weight excluding hydrogens is 212 g/mol. The van der Waals surface area contributed by atoms with E-state index in [-0.39, 0.29) is 0 Å². The summed E-state index contributed by atoms with van der Waals surface area (Å²) < 4.78 is 5.78. The van der Waals surface area contributed by atoms with E-state index in [1.807, 2.05) is 0 Å². The molecule has 0 amide bonds. The lowest BCUT2D eigenvalue weighted by atomic mass is 9.64. The highest BCUT2D eigenvalue weighted by Crippen LogP contribution is 2.43. The van der Waals surface area contributed by atoms with Crippen molar-refractivity contribution in [2.75, 3.05) is 26.7 Å². The molecule has 2 rings (SSSR count). The molecule has 0 spiro atoms. The lowest BCUT2D eigenvalue weighted by Crippen LogP contribution is -2.64. The first-order valence-electron chi connectivity index (χ1n) is 7.10. The van der Waals surface area contributed by atoms with E-state index >= 15 is 0 Å². The third-order valence-electron chi connectivity index (χ3n) is 4.61. The molecule has 3 nitrogen and oxygen atoms in total. The highest BCUT2D eigenvalue weighted by Gasteiger charge is 2.49. The van der Waals surface area contributed by atoms with Gasteiger partial charge in [0.1, 0.15) is 0 Å². The van der Waals surface area contributed by atoms with Gasteiger partial charge in [-0.25, -0.2) is 0 Å². The fourth-order valence-electron chi connectivity index (χ4n) is 3.24. The van der Waals surface area contributed by atoms with Crippen molar-refractivity contribution in [2.45, 2.75) is 58.2 Å². The molecule has 1 aliphatic heterocycles. The molecule has 3 unspecified atom stereocenters. The highest BCUT2D eigenvalue weighted by atomic mass is 16.5. The van der Waals surface area contributed by atoms with Gasteiger partial charge in [-0.3, -0.25) is 0 Å². The van der Waals surface area contributed by atoms with E-state index in [2.05, 4.69) is 38.0 Å². The Morgan fingerprint density at radius 2 is 2.18 bits per heavy atom. The number of rotatable bonds is 4. The van der Waals surface area contributed by atoms with Crippen LogP contribution in [0.2, 0.25) is 0 Å². The van der Waals surface area contributed by atoms with Crippen LogP contribution in [0.5, 0.6) is 0 Å². The summed E-state index contributed by atoms with van der Waals surface area (Å²) in [6.07, 6.45) is 4.29. The molecule has 3 heteroatoms. The Morgan fingerprint density at radius 1 is 1.41 bits per heavy atom. The molecule has 2 fully saturated rings. The van der Waals surface area contributed by atoms with Gasteiger partial charge in [0.15, 0.2) is 0 Å². The van der Waals surface area contributed by atoms with E-state index < -0.39 is 0 Å². The van der Waals surface area contributed by atoms with Crippen LogP contribution in [-0.2, 0) is 4.74 Å². The van der Waals surface area contributed by atoms with Gasteiger partial charge >= 0.3 is 0 Å². The summed E-state index contributed by atoms with van der Waals surface area (Å²) in [6, 6.07) is 1.32. The summed E-state index contributed by atoms with van der Waals surface area (Å²) >= 11 is 0. The van der Waals surface area contributed by atoms with E-state index in [0.29, 0.717) is 23.6 Å². The van der Waals surface area contributed by atoms with Gasteiger partial charge < -0.3 is 15.0 Å². The Balaban J connectivity index is 1.80. The average Bonchev–Trinajstić information content (AvgIpc) is 2.28. The van der Waals surface area contributed by atoms with Crippen molar-refractivity contribution in [3.63, 3.8) is 0 Å². The van der Waals surface area contributed by atoms with Crippen molar-refractivity contribution >= 4 is 0 Å². The van der Waals surface area contributed by atoms with Crippen molar-refractivity contribution < 1.29 is 4.74 Å². The Hall–Kier alpha value is -0.120. The van der Waals surface area contributed by atoms with Crippen LogP contribution < -0.4 is 5.32 Å². The molecule has 1 N–H and O–H groups in total. The summed E-state index contributed by atoms with van der Waals surface area (Å²) in [4.78, 5) is 2.44. The Kier molecular flexibility index (Phi) is 4.11. The molecule has 1 aliphatic carbocycles. The first kappa shape index (κ1) is 13.3. The number of likely N-dealkylation sites (tertiary alicyclic amines) is 1. The zero-order valence-corrected chi connectivity index (χ0v) is 11.8. The van der Waals surface area contributed by atoms with Gasteiger partial charge in [-0.2, -0.15) is 0 Å². The quantitative estimate of drug-likeness (QED) is 0.812. The molecular formula is C14H28N2O. The molecule has 1 heterocycles. The summed E-state index contributed by atoms with van der Waals surface area (Å²) in [5.74, 6) is 0. The smallest absolute Gasteiger partial charge is 0.0655 e. The molecule has 2 aliphatic rings. The fraction of sp³-hybridized carbons (Fsp3) is 1.00. The van der Waals surface area contributed by atoms with Crippen LogP contribution in [0.25, 0.3) is 0 Å². The highest BCUT2D eigenvalue weighted by molar-refractivity contribution is 5.04. The van der Waals surface area contributed by atoms with Crippen molar-refractivity contribution in [3.05, 3.63) is 0 Å². The van der Waals surface area contributed by atoms with E-state index in [0.717, 1.165) is 6.61 Å². The number of piperidine rings is 1. The molecule has 0 aromatic heterocycles. The Bertz CT molecular complexity index is 255. The van der Waals surface area contributed by atoms with Crippen molar-refractivity contribution in [2.24, 2.45) is 5.41 Å². The van der Waals surface area contributed by atoms with Crippen LogP contribution in [0, 0.1) is 5.41 Å². The minimum absolute atomic E-state index is 0.298. The topological polar surface area (TPSA) is 24.5 Å². The number of likely N-dealkylation sites (N-methyl/N-ethyl adjacent to an activating group) is 1. The molecule has 0 aromatic carbocycles. The number of hydrogen-bond donors (Lipinski definition) is 1. The summed E-state index contributed by atoms with van der Waals surface area (Å²) in [7, 11) is 2.22. The predicted octanol–water partition coefficient (Wildman–Crippen LogP) is 1.87. The zero-order chi connectivity index (χ0) is 12.5. The summed E-state index contributed by atoms with van der Waals surface area (Å²) in [5.41, 5.74) is 0.298. The minimum atomic E-state index is 0.298. The van der Waals surface area contributed by atoms with Crippen LogP contribution >= 0.6 is 0 Å². The maximum Gasteiger partial charge on any atom is 0.0655 e. The predicted molar refractivity (Wildman–Crippen MR) is 71.3 cm³/mol. The van der Waals surface area contributed by atoms with Crippen LogP contribution in [0.15, 0.2) is 0 Å². The third-order valence-corrected chi connectivity index (χ3v) is 4.61. The molecule has 3 atom stereocenters. The van der Waals surface area contributed by atoms with E-state index in [1.54, 1.807) is 0 Å². The maximum absolute atomic E-state index is 5.78. The molecule has 0 radical (unpaired) electrons. The van der Waals surface area contributed by atoms with Crippen LogP contribution in [0.1, 0.15) is 40.0 Å². The molecule has 1 saturated carbocycles. The lowest BCUT2D eigenvalue weighted by Gasteiger charge is -2.53. The Labute approximate surface area is 106 Å². The van der Waals surface area contributed by atoms with Gasteiger partial charge in [-0.15, -0.1) is 0 Å². The first-order chi connectivity index (χ1) is 8.04. The van der Waals surface area contributed by atoms with E-state index in [9.17, 15) is 0 Å². The van der Waals surface area contributed by atoms with Gasteiger partial charge in [0.25, 0.3) is 0 Å². The van der Waals surface area contributed by atoms with Crippen LogP contribution in [0.3, 0.4) is 0 Å². The number of nitrogens with one attached hydrogen (secondary N) is 1. The first-order valence-corrected chi connectivity index (χ1v) is 7.10. The Morgan fingerprint density at radius 3 is 2.76 bits per heavy atom. The second-order valence-corrected chi connectivity index (χ2v) is 6.32. The van der Waals surface area contributed by atoms with Gasteiger partial charge in [-0.05, 0) is 39.8 Å². The third kappa shape index (κ3) is 2.83. The molecule has 100 valence electrons. The van der Waals surface area contributed by atoms with Gasteiger partial charge in [0, 0.05) is 30.7 Å². The molecule has 0 aromatic rings. The van der Waals surface area contributed by atoms with Crippen molar-refractivity contribution in [1.29, 1.82) is 0 Å². The standard InChI is InChI=1S/C14H28N2O/c1-5-17-13-9-12(14(13,2)3)15-11-7-6-8-16(4)10-11/h11-13,15H,5-10H2,1-4H3. The molecule has 17 heavy (non-hydrogen) atoms. The van der Waals surface area contributed by atoms with E-state index in [1.165, 1.54) is 32.4 Å². The van der Waals surface area contributed by atoms with Crippen LogP contribution in [-0.4, -0.2) is 49.8 Å². The fourth-order valence-corrected chi connectivity index (χ4v) is 3.24. The average molecular weight is 240 g/mol. The summed E-state index contributed by atoms with van der Waals surface area (Å²) in [6.45, 7) is 10.1. The summed E-state index contributed by atoms with van der Waals surface area (Å²) in [5, 5.41) is 3.84. The normalized spacial score (nSPS) is 37.8. The maximum atomic E-state index is 5.78. The second kappa shape index (κ2) is 5.25. The van der Waals surface area contributed by atoms with Gasteiger partial charge in [-0.1, -0.05) is 13.8 Å². The number of hydrogen-bond acceptors (Lipinski definition) is 3. The van der Waals surface area contributed by atoms with Crippen molar-refractivity contribution in [3.8, 4) is 0 Å². The molecule has 1 saturated heterocycles. The van der Waals surface area contributed by atoms with Gasteiger partial charge in [0.05, 0.1) is 6.10 Å².